The first kappa shape index (κ1) is 23.3. The number of aromatic nitrogens is 1. The maximum Gasteiger partial charge on any atom is 0.266 e. The van der Waals surface area contributed by atoms with Crippen molar-refractivity contribution in [2.45, 2.75) is 11.3 Å². The number of nitrogens with zero attached hydrogens (tertiary/aromatic N) is 2. The van der Waals surface area contributed by atoms with Gasteiger partial charge in [0.1, 0.15) is 4.90 Å². The van der Waals surface area contributed by atoms with Crippen LogP contribution >= 0.6 is 34.5 Å². The van der Waals surface area contributed by atoms with Crippen LogP contribution in [0.3, 0.4) is 0 Å². The van der Waals surface area contributed by atoms with Gasteiger partial charge in [-0.25, -0.2) is 13.4 Å². The lowest BCUT2D eigenvalue weighted by Gasteiger charge is -2.24. The Bertz CT molecular complexity index is 1180. The number of carbonyl (C=O) groups is 1. The van der Waals surface area contributed by atoms with Crippen LogP contribution in [0.15, 0.2) is 71.6 Å². The van der Waals surface area contributed by atoms with Crippen LogP contribution in [0.25, 0.3) is 0 Å². The molecule has 2 aromatic carbocycles. The van der Waals surface area contributed by atoms with Crippen molar-refractivity contribution < 1.29 is 13.2 Å². The van der Waals surface area contributed by atoms with Crippen molar-refractivity contribution in [1.82, 2.24) is 10.3 Å². The Balaban J connectivity index is 1.88. The molecule has 3 aromatic rings. The van der Waals surface area contributed by atoms with E-state index in [4.69, 9.17) is 23.2 Å². The molecule has 3 rings (SSSR count). The molecular formula is C21H19Cl2N3O3S2. The lowest BCUT2D eigenvalue weighted by atomic mass is 10.2. The maximum atomic E-state index is 13.4. The van der Waals surface area contributed by atoms with Crippen molar-refractivity contribution in [3.63, 3.8) is 0 Å². The molecule has 0 saturated carbocycles. The van der Waals surface area contributed by atoms with Crippen molar-refractivity contribution in [2.24, 2.45) is 0 Å². The SMILES string of the molecule is C=CCN(c1ccccc1Cl)S(=O)(=O)c1cc(C(=O)NCCc2nccs2)ccc1Cl. The molecule has 0 aliphatic carbocycles. The van der Waals surface area contributed by atoms with Crippen molar-refractivity contribution >= 4 is 56.2 Å². The van der Waals surface area contributed by atoms with Gasteiger partial charge in [-0.2, -0.15) is 0 Å². The quantitative estimate of drug-likeness (QED) is 0.432. The molecule has 10 heteroatoms. The summed E-state index contributed by atoms with van der Waals surface area (Å²) < 4.78 is 28.0. The zero-order chi connectivity index (χ0) is 22.4. The zero-order valence-corrected chi connectivity index (χ0v) is 19.4. The van der Waals surface area contributed by atoms with E-state index in [0.717, 1.165) is 9.31 Å². The average Bonchev–Trinajstić information content (AvgIpc) is 3.26. The summed E-state index contributed by atoms with van der Waals surface area (Å²) in [4.78, 5) is 16.5. The fourth-order valence-electron chi connectivity index (χ4n) is 2.82. The standard InChI is InChI=1S/C21H19Cl2N3O3S2/c1-2-12-26(18-6-4-3-5-16(18)22)31(28,29)19-14-15(7-8-17(19)23)21(27)25-10-9-20-24-11-13-30-20/h2-8,11,13-14H,1,9-10,12H2,(H,25,27). The highest BCUT2D eigenvalue weighted by atomic mass is 35.5. The number of para-hydroxylation sites is 1. The Hall–Kier alpha value is -2.39. The molecule has 0 radical (unpaired) electrons. The molecule has 1 N–H and O–H groups in total. The smallest absolute Gasteiger partial charge is 0.266 e. The summed E-state index contributed by atoms with van der Waals surface area (Å²) in [7, 11) is -4.12. The van der Waals surface area contributed by atoms with Crippen molar-refractivity contribution in [1.29, 1.82) is 0 Å². The summed E-state index contributed by atoms with van der Waals surface area (Å²) in [6.45, 7) is 3.99. The molecule has 31 heavy (non-hydrogen) atoms. The van der Waals surface area contributed by atoms with Gasteiger partial charge in [0.2, 0.25) is 0 Å². The molecule has 1 amide bonds. The lowest BCUT2D eigenvalue weighted by Crippen LogP contribution is -2.32. The summed E-state index contributed by atoms with van der Waals surface area (Å²) in [5.41, 5.74) is 0.471. The Morgan fingerprint density at radius 3 is 2.65 bits per heavy atom. The second-order valence-electron chi connectivity index (χ2n) is 6.35. The second-order valence-corrected chi connectivity index (χ2v) is 9.98. The van der Waals surface area contributed by atoms with E-state index >= 15 is 0 Å². The molecule has 0 unspecified atom stereocenters. The molecule has 1 heterocycles. The lowest BCUT2D eigenvalue weighted by molar-refractivity contribution is 0.0954. The number of benzene rings is 2. The number of sulfonamides is 1. The van der Waals surface area contributed by atoms with Crippen LogP contribution in [0.5, 0.6) is 0 Å². The van der Waals surface area contributed by atoms with Crippen LogP contribution in [0, 0.1) is 0 Å². The molecule has 0 bridgehead atoms. The van der Waals surface area contributed by atoms with E-state index < -0.39 is 15.9 Å². The van der Waals surface area contributed by atoms with E-state index in [-0.39, 0.29) is 27.0 Å². The highest BCUT2D eigenvalue weighted by molar-refractivity contribution is 7.93. The van der Waals surface area contributed by atoms with Gasteiger partial charge >= 0.3 is 0 Å². The van der Waals surface area contributed by atoms with E-state index in [0.29, 0.717) is 18.7 Å². The molecule has 0 spiro atoms. The van der Waals surface area contributed by atoms with Gasteiger partial charge in [0.15, 0.2) is 0 Å². The largest absolute Gasteiger partial charge is 0.352 e. The van der Waals surface area contributed by atoms with Gasteiger partial charge in [0.05, 0.1) is 27.3 Å². The van der Waals surface area contributed by atoms with Gasteiger partial charge in [-0.3, -0.25) is 9.10 Å². The molecule has 6 nitrogen and oxygen atoms in total. The fraction of sp³-hybridized carbons (Fsp3) is 0.143. The fourth-order valence-corrected chi connectivity index (χ4v) is 5.69. The third-order valence-electron chi connectivity index (χ3n) is 4.29. The van der Waals surface area contributed by atoms with Crippen LogP contribution in [0.4, 0.5) is 5.69 Å². The number of halogens is 2. The number of carbonyl (C=O) groups excluding carboxylic acids is 1. The van der Waals surface area contributed by atoms with Crippen LogP contribution in [0.2, 0.25) is 10.0 Å². The molecule has 0 atom stereocenters. The minimum atomic E-state index is -4.12. The first-order valence-corrected chi connectivity index (χ1v) is 12.3. The predicted molar refractivity (Wildman–Crippen MR) is 126 cm³/mol. The van der Waals surface area contributed by atoms with Gasteiger partial charge in [-0.05, 0) is 30.3 Å². The van der Waals surface area contributed by atoms with Gasteiger partial charge < -0.3 is 5.32 Å². The van der Waals surface area contributed by atoms with Crippen molar-refractivity contribution in [3.05, 3.63) is 87.3 Å². The zero-order valence-electron chi connectivity index (χ0n) is 16.3. The molecule has 1 aromatic heterocycles. The number of hydrogen-bond acceptors (Lipinski definition) is 5. The second kappa shape index (κ2) is 10.3. The number of rotatable bonds is 9. The van der Waals surface area contributed by atoms with Gasteiger partial charge in [-0.1, -0.05) is 41.4 Å². The van der Waals surface area contributed by atoms with Crippen LogP contribution in [0.1, 0.15) is 15.4 Å². The normalized spacial score (nSPS) is 11.2. The van der Waals surface area contributed by atoms with Gasteiger partial charge in [-0.15, -0.1) is 17.9 Å². The predicted octanol–water partition coefficient (Wildman–Crippen LogP) is 4.80. The first-order valence-electron chi connectivity index (χ1n) is 9.19. The van der Waals surface area contributed by atoms with Gasteiger partial charge in [0, 0.05) is 30.1 Å². The number of hydrogen-bond donors (Lipinski definition) is 1. The number of amides is 1. The Morgan fingerprint density at radius 2 is 1.97 bits per heavy atom. The number of thiazole rings is 1. The topological polar surface area (TPSA) is 79.4 Å². The van der Waals surface area contributed by atoms with E-state index in [1.165, 1.54) is 35.6 Å². The Labute approximate surface area is 195 Å². The van der Waals surface area contributed by atoms with E-state index in [1.807, 2.05) is 5.38 Å². The minimum absolute atomic E-state index is 0.000418. The monoisotopic (exact) mass is 495 g/mol. The van der Waals surface area contributed by atoms with E-state index in [9.17, 15) is 13.2 Å². The van der Waals surface area contributed by atoms with Crippen LogP contribution in [-0.4, -0.2) is 32.4 Å². The van der Waals surface area contributed by atoms with Gasteiger partial charge in [0.25, 0.3) is 15.9 Å². The number of anilines is 1. The summed E-state index contributed by atoms with van der Waals surface area (Å²) >= 11 is 14.0. The highest BCUT2D eigenvalue weighted by Gasteiger charge is 2.28. The third kappa shape index (κ3) is 5.46. The Morgan fingerprint density at radius 1 is 1.19 bits per heavy atom. The van der Waals surface area contributed by atoms with Crippen molar-refractivity contribution in [3.8, 4) is 0 Å². The van der Waals surface area contributed by atoms with E-state index in [1.54, 1.807) is 30.5 Å². The minimum Gasteiger partial charge on any atom is -0.352 e. The molecule has 162 valence electrons. The summed E-state index contributed by atoms with van der Waals surface area (Å²) in [5, 5.41) is 5.80. The van der Waals surface area contributed by atoms with Crippen LogP contribution < -0.4 is 9.62 Å². The average molecular weight is 496 g/mol. The molecule has 0 fully saturated rings. The third-order valence-corrected chi connectivity index (χ3v) is 7.71. The van der Waals surface area contributed by atoms with Crippen molar-refractivity contribution in [2.75, 3.05) is 17.4 Å². The molecular weight excluding hydrogens is 477 g/mol. The first-order chi connectivity index (χ1) is 14.8. The van der Waals surface area contributed by atoms with Crippen LogP contribution in [-0.2, 0) is 16.4 Å². The summed E-state index contributed by atoms with van der Waals surface area (Å²) in [5.74, 6) is -0.405. The maximum absolute atomic E-state index is 13.4. The summed E-state index contributed by atoms with van der Waals surface area (Å²) in [6, 6.07) is 10.7. The molecule has 0 aliphatic heterocycles. The Kier molecular flexibility index (Phi) is 7.72. The summed E-state index contributed by atoms with van der Waals surface area (Å²) in [6.07, 6.45) is 3.73. The highest BCUT2D eigenvalue weighted by Crippen LogP contribution is 2.33. The molecule has 0 aliphatic rings. The molecule has 0 saturated heterocycles. The van der Waals surface area contributed by atoms with E-state index in [2.05, 4.69) is 16.9 Å². The number of nitrogens with one attached hydrogen (secondary N) is 1.